The van der Waals surface area contributed by atoms with E-state index in [-0.39, 0.29) is 23.6 Å². The molecule has 39 heavy (non-hydrogen) atoms. The van der Waals surface area contributed by atoms with Crippen molar-refractivity contribution in [3.8, 4) is 5.75 Å². The van der Waals surface area contributed by atoms with E-state index in [1.54, 1.807) is 12.1 Å². The van der Waals surface area contributed by atoms with Crippen molar-refractivity contribution in [2.75, 3.05) is 23.8 Å². The van der Waals surface area contributed by atoms with Crippen molar-refractivity contribution in [1.82, 2.24) is 0 Å². The summed E-state index contributed by atoms with van der Waals surface area (Å²) >= 11 is 0. The van der Waals surface area contributed by atoms with E-state index in [1.807, 2.05) is 57.2 Å². The number of para-hydroxylation sites is 2. The second-order valence-electron chi connectivity index (χ2n) is 11.3. The number of aryl methyl sites for hydroxylation is 2. The lowest BCUT2D eigenvalue weighted by molar-refractivity contribution is -0.949. The molecule has 2 saturated heterocycles. The zero-order valence-corrected chi connectivity index (χ0v) is 22.4. The number of nitrogens with one attached hydrogen (secondary N) is 3. The van der Waals surface area contributed by atoms with Crippen LogP contribution in [0.2, 0.25) is 0 Å². The van der Waals surface area contributed by atoms with Gasteiger partial charge in [0.05, 0.1) is 24.4 Å². The first-order valence-corrected chi connectivity index (χ1v) is 13.8. The van der Waals surface area contributed by atoms with Gasteiger partial charge in [0, 0.05) is 24.1 Å². The molecule has 5 atom stereocenters. The van der Waals surface area contributed by atoms with Crippen LogP contribution in [0, 0.1) is 19.8 Å². The first kappa shape index (κ1) is 24.1. The van der Waals surface area contributed by atoms with Gasteiger partial charge in [-0.15, -0.1) is 0 Å². The molecule has 4 aliphatic rings. The van der Waals surface area contributed by atoms with Crippen LogP contribution in [-0.2, 0) is 20.5 Å². The molecule has 7 heteroatoms. The molecule has 3 aromatic rings. The number of fused-ring (bicyclic) bond motifs is 7. The maximum atomic E-state index is 14.9. The third kappa shape index (κ3) is 2.78. The van der Waals surface area contributed by atoms with Gasteiger partial charge < -0.3 is 20.3 Å². The molecule has 198 valence electrons. The summed E-state index contributed by atoms with van der Waals surface area (Å²) in [6.45, 7) is 7.03. The SMILES string of the molecule is CCOc1ccccc1C(=O)[C@H]1[C@@H]2CCC[NH+]2[C@@]2(C(=O)Nc3c(C)cc(C)cc32)[C@@]12C(=O)Nc1ccccc12. The van der Waals surface area contributed by atoms with Gasteiger partial charge in [-0.25, -0.2) is 0 Å². The molecule has 4 aliphatic heterocycles. The topological polar surface area (TPSA) is 88.9 Å². The minimum absolute atomic E-state index is 0.141. The Bertz CT molecular complexity index is 1580. The fourth-order valence-corrected chi connectivity index (χ4v) is 8.42. The Morgan fingerprint density at radius 2 is 1.77 bits per heavy atom. The van der Waals surface area contributed by atoms with Gasteiger partial charge in [-0.1, -0.05) is 42.0 Å². The number of carbonyl (C=O) groups is 3. The predicted molar refractivity (Wildman–Crippen MR) is 147 cm³/mol. The van der Waals surface area contributed by atoms with Crippen molar-refractivity contribution in [2.24, 2.45) is 5.92 Å². The fraction of sp³-hybridized carbons (Fsp3) is 0.344. The maximum Gasteiger partial charge on any atom is 0.292 e. The van der Waals surface area contributed by atoms with Gasteiger partial charge in [0.15, 0.2) is 11.2 Å². The molecule has 0 bridgehead atoms. The number of hydrogen-bond acceptors (Lipinski definition) is 4. The van der Waals surface area contributed by atoms with Crippen LogP contribution >= 0.6 is 0 Å². The number of carbonyl (C=O) groups excluding carboxylic acids is 3. The number of ketones is 1. The highest BCUT2D eigenvalue weighted by Crippen LogP contribution is 2.61. The number of anilines is 2. The van der Waals surface area contributed by atoms with Crippen LogP contribution in [0.5, 0.6) is 5.75 Å². The monoisotopic (exact) mass is 522 g/mol. The summed E-state index contributed by atoms with van der Waals surface area (Å²) in [5, 5.41) is 6.31. The molecular formula is C32H32N3O4+. The van der Waals surface area contributed by atoms with Crippen molar-refractivity contribution in [3.05, 3.63) is 88.5 Å². The Kier molecular flexibility index (Phi) is 5.11. The van der Waals surface area contributed by atoms with Crippen molar-refractivity contribution in [3.63, 3.8) is 0 Å². The summed E-state index contributed by atoms with van der Waals surface area (Å²) in [6, 6.07) is 18.8. The minimum atomic E-state index is -1.42. The largest absolute Gasteiger partial charge is 0.493 e. The third-order valence-corrected chi connectivity index (χ3v) is 9.51. The number of ether oxygens (including phenoxy) is 1. The van der Waals surface area contributed by atoms with Crippen molar-refractivity contribution < 1.29 is 24.0 Å². The molecule has 3 N–H and O–H groups in total. The molecule has 0 radical (unpaired) electrons. The van der Waals surface area contributed by atoms with Gasteiger partial charge in [0.25, 0.3) is 5.91 Å². The number of quaternary nitrogens is 1. The molecule has 0 aromatic heterocycles. The number of benzene rings is 3. The average Bonchev–Trinajstić information content (AvgIpc) is 3.64. The Morgan fingerprint density at radius 1 is 1.00 bits per heavy atom. The molecule has 2 fully saturated rings. The van der Waals surface area contributed by atoms with Crippen LogP contribution in [0.15, 0.2) is 60.7 Å². The molecule has 0 saturated carbocycles. The van der Waals surface area contributed by atoms with E-state index in [1.165, 1.54) is 0 Å². The number of hydrogen-bond donors (Lipinski definition) is 3. The second-order valence-corrected chi connectivity index (χ2v) is 11.3. The molecular weight excluding hydrogens is 490 g/mol. The summed E-state index contributed by atoms with van der Waals surface area (Å²) in [6.07, 6.45) is 1.64. The molecule has 7 rings (SSSR count). The van der Waals surface area contributed by atoms with Gasteiger partial charge in [-0.05, 0) is 56.2 Å². The lowest BCUT2D eigenvalue weighted by atomic mass is 9.57. The summed E-state index contributed by atoms with van der Waals surface area (Å²) < 4.78 is 5.89. The van der Waals surface area contributed by atoms with Crippen LogP contribution in [0.1, 0.15) is 52.4 Å². The van der Waals surface area contributed by atoms with E-state index in [2.05, 4.69) is 22.8 Å². The number of Topliss-reactive ketones (excluding diaryl/α,β-unsaturated/α-hetero) is 1. The maximum absolute atomic E-state index is 14.9. The molecule has 7 nitrogen and oxygen atoms in total. The highest BCUT2D eigenvalue weighted by Gasteiger charge is 2.85. The molecule has 2 spiro atoms. The zero-order chi connectivity index (χ0) is 27.1. The number of rotatable bonds is 4. The summed E-state index contributed by atoms with van der Waals surface area (Å²) in [7, 11) is 0. The Morgan fingerprint density at radius 3 is 2.59 bits per heavy atom. The highest BCUT2D eigenvalue weighted by molar-refractivity contribution is 6.20. The molecule has 4 heterocycles. The quantitative estimate of drug-likeness (QED) is 0.459. The summed E-state index contributed by atoms with van der Waals surface area (Å²) in [5.41, 5.74) is 2.74. The lowest BCUT2D eigenvalue weighted by Gasteiger charge is -2.40. The van der Waals surface area contributed by atoms with Gasteiger partial charge in [0.1, 0.15) is 17.7 Å². The van der Waals surface area contributed by atoms with E-state index in [0.29, 0.717) is 30.2 Å². The first-order chi connectivity index (χ1) is 18.9. The van der Waals surface area contributed by atoms with E-state index >= 15 is 0 Å². The standard InChI is InChI=1S/C32H31N3O4/c1-4-39-25-14-8-5-10-20(25)28(36)26-24-13-9-15-35(24)32(22-17-18(2)16-19(3)27(22)34-30(32)38)31(26)21-11-6-7-12-23(21)33-29(31)37/h5-8,10-12,14,16-17,24,26H,4,9,13,15H2,1-3H3,(H,33,37)(H,34,38)/p+1/t24-,26+,31+,32-/m0/s1. The van der Waals surface area contributed by atoms with E-state index in [4.69, 9.17) is 4.74 Å². The van der Waals surface area contributed by atoms with Crippen LogP contribution in [0.3, 0.4) is 0 Å². The molecule has 2 amide bonds. The highest BCUT2D eigenvalue weighted by atomic mass is 16.5. The van der Waals surface area contributed by atoms with E-state index in [0.717, 1.165) is 45.7 Å². The summed E-state index contributed by atoms with van der Waals surface area (Å²) in [5.74, 6) is -0.862. The lowest BCUT2D eigenvalue weighted by Crippen LogP contribution is -3.20. The smallest absolute Gasteiger partial charge is 0.292 e. The Balaban J connectivity index is 1.59. The first-order valence-electron chi connectivity index (χ1n) is 13.8. The van der Waals surface area contributed by atoms with Gasteiger partial charge in [0.2, 0.25) is 11.4 Å². The normalized spacial score (nSPS) is 29.8. The van der Waals surface area contributed by atoms with Crippen LogP contribution < -0.4 is 20.3 Å². The van der Waals surface area contributed by atoms with Crippen molar-refractivity contribution >= 4 is 29.0 Å². The van der Waals surface area contributed by atoms with Gasteiger partial charge in [-0.2, -0.15) is 0 Å². The Labute approximate surface area is 227 Å². The molecule has 0 aliphatic carbocycles. The second kappa shape index (κ2) is 8.26. The number of amides is 2. The average molecular weight is 523 g/mol. The third-order valence-electron chi connectivity index (χ3n) is 9.51. The summed E-state index contributed by atoms with van der Waals surface area (Å²) in [4.78, 5) is 45.2. The Hall–Kier alpha value is -3.97. The van der Waals surface area contributed by atoms with Crippen molar-refractivity contribution in [1.29, 1.82) is 0 Å². The minimum Gasteiger partial charge on any atom is -0.493 e. The molecule has 1 unspecified atom stereocenters. The fourth-order valence-electron chi connectivity index (χ4n) is 8.42. The zero-order valence-electron chi connectivity index (χ0n) is 22.4. The van der Waals surface area contributed by atoms with Crippen molar-refractivity contribution in [2.45, 2.75) is 50.6 Å². The van der Waals surface area contributed by atoms with E-state index in [9.17, 15) is 14.4 Å². The van der Waals surface area contributed by atoms with Crippen LogP contribution in [0.4, 0.5) is 11.4 Å². The molecule has 3 aromatic carbocycles. The van der Waals surface area contributed by atoms with E-state index < -0.39 is 16.9 Å². The van der Waals surface area contributed by atoms with Gasteiger partial charge >= 0.3 is 0 Å². The van der Waals surface area contributed by atoms with Crippen LogP contribution in [0.25, 0.3) is 0 Å². The van der Waals surface area contributed by atoms with Crippen LogP contribution in [-0.4, -0.2) is 36.8 Å². The van der Waals surface area contributed by atoms with Gasteiger partial charge in [-0.3, -0.25) is 14.4 Å². The predicted octanol–water partition coefficient (Wildman–Crippen LogP) is 3.30.